The summed E-state index contributed by atoms with van der Waals surface area (Å²) in [5, 5.41) is 7.28. The second-order valence-electron chi connectivity index (χ2n) is 6.12. The van der Waals surface area contributed by atoms with Crippen LogP contribution < -0.4 is 5.32 Å². The molecule has 1 aliphatic heterocycles. The van der Waals surface area contributed by atoms with Crippen molar-refractivity contribution in [3.8, 4) is 0 Å². The van der Waals surface area contributed by atoms with E-state index >= 15 is 0 Å². The molecular formula is C16H20N4O3S. The zero-order chi connectivity index (χ0) is 17.3. The van der Waals surface area contributed by atoms with E-state index in [1.54, 1.807) is 29.2 Å². The Hall–Kier alpha value is -2.22. The molecule has 0 unspecified atom stereocenters. The molecule has 0 radical (unpaired) electrons. The zero-order valence-electron chi connectivity index (χ0n) is 13.7. The van der Waals surface area contributed by atoms with Gasteiger partial charge in [0.2, 0.25) is 5.91 Å². The van der Waals surface area contributed by atoms with Crippen LogP contribution in [0.5, 0.6) is 0 Å². The van der Waals surface area contributed by atoms with Gasteiger partial charge in [0.25, 0.3) is 0 Å². The summed E-state index contributed by atoms with van der Waals surface area (Å²) in [6.07, 6.45) is 4.01. The van der Waals surface area contributed by atoms with Crippen LogP contribution in [0, 0.1) is 13.8 Å². The monoisotopic (exact) mass is 348 g/mol. The lowest BCUT2D eigenvalue weighted by molar-refractivity contribution is -0.115. The van der Waals surface area contributed by atoms with Gasteiger partial charge in [-0.15, -0.1) is 0 Å². The second kappa shape index (κ2) is 6.35. The average molecular weight is 348 g/mol. The Morgan fingerprint density at radius 2 is 2.21 bits per heavy atom. The molecule has 2 aromatic heterocycles. The van der Waals surface area contributed by atoms with E-state index in [1.165, 1.54) is 0 Å². The van der Waals surface area contributed by atoms with E-state index in [4.69, 9.17) is 0 Å². The van der Waals surface area contributed by atoms with E-state index in [1.807, 2.05) is 13.8 Å². The fourth-order valence-corrected chi connectivity index (χ4v) is 4.77. The van der Waals surface area contributed by atoms with Crippen LogP contribution in [0.3, 0.4) is 0 Å². The molecule has 1 N–H and O–H groups in total. The number of carbonyl (C=O) groups is 1. The van der Waals surface area contributed by atoms with Gasteiger partial charge in [0.1, 0.15) is 0 Å². The highest BCUT2D eigenvalue weighted by atomic mass is 32.2. The number of pyridine rings is 1. The quantitative estimate of drug-likeness (QED) is 0.902. The van der Waals surface area contributed by atoms with Gasteiger partial charge in [-0.05, 0) is 32.4 Å². The van der Waals surface area contributed by atoms with Gasteiger partial charge >= 0.3 is 0 Å². The van der Waals surface area contributed by atoms with Crippen LogP contribution in [-0.2, 0) is 21.1 Å². The van der Waals surface area contributed by atoms with Crippen molar-refractivity contribution in [1.82, 2.24) is 14.8 Å². The summed E-state index contributed by atoms with van der Waals surface area (Å²) in [4.78, 5) is 16.2. The number of hydrogen-bond acceptors (Lipinski definition) is 5. The minimum absolute atomic E-state index is 0.121. The van der Waals surface area contributed by atoms with Crippen molar-refractivity contribution >= 4 is 21.4 Å². The topological polar surface area (TPSA) is 94.0 Å². The first kappa shape index (κ1) is 16.6. The fraction of sp³-hybridized carbons (Fsp3) is 0.438. The maximum atomic E-state index is 12.2. The van der Waals surface area contributed by atoms with Crippen LogP contribution in [0.15, 0.2) is 24.5 Å². The van der Waals surface area contributed by atoms with Crippen molar-refractivity contribution in [1.29, 1.82) is 0 Å². The van der Waals surface area contributed by atoms with Crippen LogP contribution in [-0.4, -0.2) is 40.6 Å². The molecule has 0 spiro atoms. The number of sulfone groups is 1. The molecule has 0 saturated carbocycles. The summed E-state index contributed by atoms with van der Waals surface area (Å²) in [7, 11) is -2.97. The number of nitrogens with one attached hydrogen (secondary N) is 1. The van der Waals surface area contributed by atoms with Gasteiger partial charge in [-0.25, -0.2) is 8.42 Å². The molecule has 0 aromatic carbocycles. The maximum absolute atomic E-state index is 12.2. The molecule has 1 aliphatic rings. The van der Waals surface area contributed by atoms with E-state index in [0.717, 1.165) is 17.0 Å². The van der Waals surface area contributed by atoms with Crippen molar-refractivity contribution in [2.75, 3.05) is 16.8 Å². The summed E-state index contributed by atoms with van der Waals surface area (Å²) >= 11 is 0. The normalized spacial score (nSPS) is 19.3. The summed E-state index contributed by atoms with van der Waals surface area (Å²) in [6.45, 7) is 3.73. The Kier molecular flexibility index (Phi) is 4.40. The van der Waals surface area contributed by atoms with Crippen LogP contribution in [0.4, 0.5) is 5.69 Å². The highest BCUT2D eigenvalue weighted by Crippen LogP contribution is 2.27. The van der Waals surface area contributed by atoms with Crippen LogP contribution >= 0.6 is 0 Å². The third-order valence-electron chi connectivity index (χ3n) is 4.31. The summed E-state index contributed by atoms with van der Waals surface area (Å²) in [5.74, 6) is 0.177. The molecule has 1 atom stereocenters. The molecular weight excluding hydrogens is 328 g/mol. The van der Waals surface area contributed by atoms with E-state index in [0.29, 0.717) is 12.1 Å². The first-order chi connectivity index (χ1) is 11.4. The Labute approximate surface area is 141 Å². The van der Waals surface area contributed by atoms with E-state index in [2.05, 4.69) is 15.4 Å². The van der Waals surface area contributed by atoms with Gasteiger partial charge in [-0.1, -0.05) is 0 Å². The predicted molar refractivity (Wildman–Crippen MR) is 90.6 cm³/mol. The molecule has 2 aromatic rings. The van der Waals surface area contributed by atoms with Crippen LogP contribution in [0.1, 0.15) is 29.4 Å². The van der Waals surface area contributed by atoms with Crippen molar-refractivity contribution in [2.24, 2.45) is 0 Å². The van der Waals surface area contributed by atoms with Gasteiger partial charge in [0.05, 0.1) is 41.5 Å². The van der Waals surface area contributed by atoms with Crippen molar-refractivity contribution < 1.29 is 13.2 Å². The highest BCUT2D eigenvalue weighted by Gasteiger charge is 2.31. The molecule has 1 amide bonds. The number of aromatic nitrogens is 3. The summed E-state index contributed by atoms with van der Waals surface area (Å²) in [5.41, 5.74) is 3.11. The maximum Gasteiger partial charge on any atom is 0.228 e. The molecule has 24 heavy (non-hydrogen) atoms. The van der Waals surface area contributed by atoms with E-state index in [9.17, 15) is 13.2 Å². The standard InChI is InChI=1S/C16H20N4O3S/c1-11-15(8-16(21)18-13-4-3-6-17-9-13)12(2)20(19-11)14-5-7-24(22,23)10-14/h3-4,6,9,14H,5,7-8,10H2,1-2H3,(H,18,21)/t14-/m0/s1. The smallest absolute Gasteiger partial charge is 0.228 e. The first-order valence-electron chi connectivity index (χ1n) is 7.80. The Morgan fingerprint density at radius 1 is 1.42 bits per heavy atom. The lowest BCUT2D eigenvalue weighted by Crippen LogP contribution is -2.16. The number of amides is 1. The zero-order valence-corrected chi connectivity index (χ0v) is 14.5. The van der Waals surface area contributed by atoms with Crippen LogP contribution in [0.25, 0.3) is 0 Å². The molecule has 1 fully saturated rings. The van der Waals surface area contributed by atoms with Crippen LogP contribution in [0.2, 0.25) is 0 Å². The summed E-state index contributed by atoms with van der Waals surface area (Å²) < 4.78 is 25.1. The fourth-order valence-electron chi connectivity index (χ4n) is 3.08. The Bertz CT molecular complexity index is 859. The molecule has 7 nitrogen and oxygen atoms in total. The minimum atomic E-state index is -2.97. The number of rotatable bonds is 4. The average Bonchev–Trinajstić information content (AvgIpc) is 3.02. The SMILES string of the molecule is Cc1nn([C@H]2CCS(=O)(=O)C2)c(C)c1CC(=O)Nc1cccnc1. The molecule has 0 aliphatic carbocycles. The van der Waals surface area contributed by atoms with Gasteiger partial charge in [0.15, 0.2) is 9.84 Å². The first-order valence-corrected chi connectivity index (χ1v) is 9.63. The molecule has 8 heteroatoms. The van der Waals surface area contributed by atoms with Crippen molar-refractivity contribution in [3.63, 3.8) is 0 Å². The number of carbonyl (C=O) groups excluding carboxylic acids is 1. The number of hydrogen-bond donors (Lipinski definition) is 1. The molecule has 3 heterocycles. The minimum Gasteiger partial charge on any atom is -0.324 e. The number of anilines is 1. The van der Waals surface area contributed by atoms with E-state index in [-0.39, 0.29) is 29.9 Å². The van der Waals surface area contributed by atoms with Gasteiger partial charge in [-0.3, -0.25) is 14.5 Å². The highest BCUT2D eigenvalue weighted by molar-refractivity contribution is 7.91. The molecule has 128 valence electrons. The largest absolute Gasteiger partial charge is 0.324 e. The molecule has 1 saturated heterocycles. The number of nitrogens with zero attached hydrogens (tertiary/aromatic N) is 3. The Balaban J connectivity index is 1.76. The van der Waals surface area contributed by atoms with Gasteiger partial charge in [-0.2, -0.15) is 5.10 Å². The van der Waals surface area contributed by atoms with E-state index < -0.39 is 9.84 Å². The third-order valence-corrected chi connectivity index (χ3v) is 6.06. The lowest BCUT2D eigenvalue weighted by atomic mass is 10.1. The molecule has 0 bridgehead atoms. The lowest BCUT2D eigenvalue weighted by Gasteiger charge is -2.11. The number of aryl methyl sites for hydroxylation is 1. The van der Waals surface area contributed by atoms with Crippen molar-refractivity contribution in [3.05, 3.63) is 41.5 Å². The van der Waals surface area contributed by atoms with Gasteiger partial charge < -0.3 is 5.32 Å². The third kappa shape index (κ3) is 3.48. The molecule has 3 rings (SSSR count). The second-order valence-corrected chi connectivity index (χ2v) is 8.35. The van der Waals surface area contributed by atoms with Crippen molar-refractivity contribution in [2.45, 2.75) is 32.7 Å². The predicted octanol–water partition coefficient (Wildman–Crippen LogP) is 1.44. The summed E-state index contributed by atoms with van der Waals surface area (Å²) in [6, 6.07) is 3.39. The Morgan fingerprint density at radius 3 is 2.83 bits per heavy atom. The van der Waals surface area contributed by atoms with Gasteiger partial charge in [0, 0.05) is 17.5 Å².